The van der Waals surface area contributed by atoms with Crippen molar-refractivity contribution < 1.29 is 9.90 Å². The molecule has 2 atom stereocenters. The zero-order valence-electron chi connectivity index (χ0n) is 10.5. The van der Waals surface area contributed by atoms with Crippen LogP contribution in [-0.4, -0.2) is 29.1 Å². The molecule has 18 heavy (non-hydrogen) atoms. The van der Waals surface area contributed by atoms with Gasteiger partial charge in [0.1, 0.15) is 4.88 Å². The molecule has 1 saturated carbocycles. The minimum Gasteiger partial charge on any atom is -0.477 e. The highest BCUT2D eigenvalue weighted by atomic mass is 32.1. The molecule has 1 saturated heterocycles. The first-order valence-electron chi connectivity index (χ1n) is 6.74. The highest BCUT2D eigenvalue weighted by Gasteiger charge is 2.30. The molecule has 1 aromatic heterocycles. The second-order valence-corrected chi connectivity index (χ2v) is 6.59. The summed E-state index contributed by atoms with van der Waals surface area (Å²) in [6.07, 6.45) is 5.51. The van der Waals surface area contributed by atoms with E-state index in [4.69, 9.17) is 5.11 Å². The normalized spacial score (nSPS) is 28.2. The van der Waals surface area contributed by atoms with Crippen LogP contribution in [0.1, 0.15) is 40.9 Å². The van der Waals surface area contributed by atoms with Gasteiger partial charge in [0.05, 0.1) is 0 Å². The van der Waals surface area contributed by atoms with Crippen LogP contribution in [0.2, 0.25) is 0 Å². The number of hydrogen-bond acceptors (Lipinski definition) is 3. The average molecular weight is 265 g/mol. The molecule has 0 spiro atoms. The molecule has 1 aliphatic carbocycles. The van der Waals surface area contributed by atoms with Crippen LogP contribution in [0.15, 0.2) is 11.4 Å². The molecule has 0 amide bonds. The van der Waals surface area contributed by atoms with Gasteiger partial charge >= 0.3 is 5.97 Å². The van der Waals surface area contributed by atoms with Crippen LogP contribution in [0.3, 0.4) is 0 Å². The molecule has 4 heteroatoms. The number of nitrogens with zero attached hydrogens (tertiary/aromatic N) is 1. The number of likely N-dealkylation sites (tertiary alicyclic amines) is 1. The lowest BCUT2D eigenvalue weighted by Crippen LogP contribution is -2.42. The molecule has 2 heterocycles. The Morgan fingerprint density at radius 2 is 2.11 bits per heavy atom. The van der Waals surface area contributed by atoms with E-state index >= 15 is 0 Å². The van der Waals surface area contributed by atoms with E-state index < -0.39 is 5.97 Å². The molecule has 1 aromatic rings. The summed E-state index contributed by atoms with van der Waals surface area (Å²) in [6.45, 7) is 3.13. The highest BCUT2D eigenvalue weighted by molar-refractivity contribution is 7.12. The monoisotopic (exact) mass is 265 g/mol. The molecule has 2 aliphatic rings. The topological polar surface area (TPSA) is 40.5 Å². The number of carbonyl (C=O) groups is 1. The third-order valence-electron chi connectivity index (χ3n) is 4.26. The van der Waals surface area contributed by atoms with Crippen LogP contribution >= 0.6 is 11.3 Å². The molecule has 98 valence electrons. The van der Waals surface area contributed by atoms with Gasteiger partial charge in [0.2, 0.25) is 0 Å². The SMILES string of the molecule is O=C(O)c1sccc1CN1CC2CCCC(C2)C1. The number of fused-ring (bicyclic) bond motifs is 2. The number of hydrogen-bond donors (Lipinski definition) is 1. The second kappa shape index (κ2) is 5.02. The molecular weight excluding hydrogens is 246 g/mol. The number of aromatic carboxylic acids is 1. The summed E-state index contributed by atoms with van der Waals surface area (Å²) in [5.74, 6) is 0.922. The van der Waals surface area contributed by atoms with Crippen LogP contribution in [0.5, 0.6) is 0 Å². The van der Waals surface area contributed by atoms with Crippen molar-refractivity contribution in [3.8, 4) is 0 Å². The maximum absolute atomic E-state index is 11.1. The predicted octanol–water partition coefficient (Wildman–Crippen LogP) is 3.07. The number of rotatable bonds is 3. The van der Waals surface area contributed by atoms with E-state index in [1.807, 2.05) is 11.4 Å². The Bertz CT molecular complexity index is 431. The molecule has 1 aliphatic heterocycles. The first-order valence-corrected chi connectivity index (χ1v) is 7.62. The molecular formula is C14H19NO2S. The maximum atomic E-state index is 11.1. The Balaban J connectivity index is 1.69. The number of thiophene rings is 1. The Hall–Kier alpha value is -0.870. The summed E-state index contributed by atoms with van der Waals surface area (Å²) < 4.78 is 0. The van der Waals surface area contributed by atoms with Gasteiger partial charge in [-0.15, -0.1) is 11.3 Å². The zero-order chi connectivity index (χ0) is 12.5. The lowest BCUT2D eigenvalue weighted by molar-refractivity contribution is 0.0689. The van der Waals surface area contributed by atoms with Crippen LogP contribution in [0.4, 0.5) is 0 Å². The van der Waals surface area contributed by atoms with Gasteiger partial charge in [0, 0.05) is 19.6 Å². The van der Waals surface area contributed by atoms with Crippen LogP contribution in [0.25, 0.3) is 0 Å². The van der Waals surface area contributed by atoms with Gasteiger partial charge in [0.25, 0.3) is 0 Å². The number of piperidine rings is 1. The fourth-order valence-corrected chi connectivity index (χ4v) is 4.31. The highest BCUT2D eigenvalue weighted by Crippen LogP contribution is 2.35. The van der Waals surface area contributed by atoms with Crippen molar-refractivity contribution in [2.45, 2.75) is 32.2 Å². The lowest BCUT2D eigenvalue weighted by Gasteiger charge is -2.41. The van der Waals surface area contributed by atoms with E-state index in [0.717, 1.165) is 37.0 Å². The summed E-state index contributed by atoms with van der Waals surface area (Å²) in [4.78, 5) is 14.1. The minimum atomic E-state index is -0.780. The third kappa shape index (κ3) is 2.45. The Labute approximate surface area is 111 Å². The van der Waals surface area contributed by atoms with E-state index in [-0.39, 0.29) is 0 Å². The Kier molecular flexibility index (Phi) is 3.39. The van der Waals surface area contributed by atoms with Gasteiger partial charge < -0.3 is 5.11 Å². The lowest BCUT2D eigenvalue weighted by atomic mass is 9.78. The average Bonchev–Trinajstić information content (AvgIpc) is 2.76. The smallest absolute Gasteiger partial charge is 0.346 e. The van der Waals surface area contributed by atoms with Crippen molar-refractivity contribution in [2.24, 2.45) is 11.8 Å². The Morgan fingerprint density at radius 3 is 2.78 bits per heavy atom. The zero-order valence-corrected chi connectivity index (χ0v) is 11.3. The number of carboxylic acids is 1. The molecule has 0 aromatic carbocycles. The van der Waals surface area contributed by atoms with Crippen LogP contribution < -0.4 is 0 Å². The third-order valence-corrected chi connectivity index (χ3v) is 5.20. The molecule has 0 radical (unpaired) electrons. The van der Waals surface area contributed by atoms with Crippen molar-refractivity contribution >= 4 is 17.3 Å². The van der Waals surface area contributed by atoms with Crippen molar-refractivity contribution in [3.63, 3.8) is 0 Å². The molecule has 2 bridgehead atoms. The van der Waals surface area contributed by atoms with Crippen molar-refractivity contribution in [1.82, 2.24) is 4.90 Å². The van der Waals surface area contributed by atoms with E-state index in [9.17, 15) is 4.79 Å². The molecule has 2 fully saturated rings. The van der Waals surface area contributed by atoms with E-state index in [0.29, 0.717) is 4.88 Å². The molecule has 3 nitrogen and oxygen atoms in total. The van der Waals surface area contributed by atoms with Crippen molar-refractivity contribution in [3.05, 3.63) is 21.9 Å². The van der Waals surface area contributed by atoms with Gasteiger partial charge in [0.15, 0.2) is 0 Å². The number of carboxylic acid groups (broad SMARTS) is 1. The van der Waals surface area contributed by atoms with E-state index in [1.54, 1.807) is 0 Å². The molecule has 3 rings (SSSR count). The predicted molar refractivity (Wildman–Crippen MR) is 72.0 cm³/mol. The summed E-state index contributed by atoms with van der Waals surface area (Å²) in [5.41, 5.74) is 0.993. The summed E-state index contributed by atoms with van der Waals surface area (Å²) in [6, 6.07) is 1.97. The van der Waals surface area contributed by atoms with E-state index in [1.165, 1.54) is 37.0 Å². The minimum absolute atomic E-state index is 0.519. The summed E-state index contributed by atoms with van der Waals surface area (Å²) in [5, 5.41) is 11.0. The first-order chi connectivity index (χ1) is 8.72. The first kappa shape index (κ1) is 12.2. The summed E-state index contributed by atoms with van der Waals surface area (Å²) >= 11 is 1.34. The summed E-state index contributed by atoms with van der Waals surface area (Å²) in [7, 11) is 0. The second-order valence-electron chi connectivity index (χ2n) is 5.67. The van der Waals surface area contributed by atoms with Crippen molar-refractivity contribution in [1.29, 1.82) is 0 Å². The fraction of sp³-hybridized carbons (Fsp3) is 0.643. The van der Waals surface area contributed by atoms with Gasteiger partial charge in [-0.05, 0) is 48.1 Å². The van der Waals surface area contributed by atoms with Crippen LogP contribution in [-0.2, 0) is 6.54 Å². The largest absolute Gasteiger partial charge is 0.477 e. The fourth-order valence-electron chi connectivity index (χ4n) is 3.56. The van der Waals surface area contributed by atoms with Gasteiger partial charge in [-0.25, -0.2) is 4.79 Å². The quantitative estimate of drug-likeness (QED) is 0.913. The standard InChI is InChI=1S/C14H19NO2S/c16-14(17)13-12(4-5-18-13)9-15-7-10-2-1-3-11(6-10)8-15/h4-5,10-11H,1-3,6-9H2,(H,16,17). The molecule has 1 N–H and O–H groups in total. The van der Waals surface area contributed by atoms with Gasteiger partial charge in [-0.1, -0.05) is 6.42 Å². The van der Waals surface area contributed by atoms with Crippen LogP contribution in [0, 0.1) is 11.8 Å². The van der Waals surface area contributed by atoms with Gasteiger partial charge in [-0.2, -0.15) is 0 Å². The Morgan fingerprint density at radius 1 is 1.39 bits per heavy atom. The van der Waals surface area contributed by atoms with E-state index in [2.05, 4.69) is 4.90 Å². The maximum Gasteiger partial charge on any atom is 0.346 e. The van der Waals surface area contributed by atoms with Crippen molar-refractivity contribution in [2.75, 3.05) is 13.1 Å². The van der Waals surface area contributed by atoms with Gasteiger partial charge in [-0.3, -0.25) is 4.90 Å². The molecule has 2 unspecified atom stereocenters.